The Balaban J connectivity index is 3.34. The predicted octanol–water partition coefficient (Wildman–Crippen LogP) is -3.26. The molecule has 0 fully saturated rings. The lowest BCUT2D eigenvalue weighted by Crippen LogP contribution is -2.62. The van der Waals surface area contributed by atoms with E-state index < -0.39 is 185 Å². The summed E-state index contributed by atoms with van der Waals surface area (Å²) in [5.74, 6) is -13.6. The summed E-state index contributed by atoms with van der Waals surface area (Å²) in [6, 6.07) is -11.4. The number of aliphatic hydroxyl groups is 1. The van der Waals surface area contributed by atoms with Crippen LogP contribution in [0.25, 0.3) is 0 Å². The number of hydrogen-bond donors (Lipinski definition) is 20. The Labute approximate surface area is 581 Å². The molecule has 0 aromatic heterocycles. The van der Waals surface area contributed by atoms with E-state index in [4.69, 9.17) is 28.7 Å². The lowest BCUT2D eigenvalue weighted by atomic mass is 9.98. The summed E-state index contributed by atoms with van der Waals surface area (Å²) < 4.78 is 0. The predicted molar refractivity (Wildman–Crippen MR) is 370 cm³/mol. The second-order valence-corrected chi connectivity index (χ2v) is 26.5. The maximum absolute atomic E-state index is 14.3. The number of nitrogens with two attached hydrogens (primary N) is 5. The van der Waals surface area contributed by atoms with Gasteiger partial charge in [-0.1, -0.05) is 73.9 Å². The number of benzene rings is 1. The summed E-state index contributed by atoms with van der Waals surface area (Å²) in [4.78, 5) is 178. The second-order valence-electron chi connectivity index (χ2n) is 26.5. The molecule has 99 heavy (non-hydrogen) atoms. The van der Waals surface area contributed by atoms with Crippen LogP contribution in [0.2, 0.25) is 0 Å². The monoisotopic (exact) mass is 1400 g/mol. The minimum Gasteiger partial charge on any atom is -0.508 e. The van der Waals surface area contributed by atoms with Crippen molar-refractivity contribution in [3.8, 4) is 5.75 Å². The Hall–Kier alpha value is -8.11. The number of unbranched alkanes of at least 4 members (excludes halogenated alkanes) is 4. The topological polar surface area (TPSA) is 557 Å². The number of aliphatic hydroxyl groups excluding tert-OH is 1. The van der Waals surface area contributed by atoms with Gasteiger partial charge in [0, 0.05) is 6.42 Å². The molecule has 1 aromatic rings. The van der Waals surface area contributed by atoms with Gasteiger partial charge >= 0.3 is 5.97 Å². The van der Waals surface area contributed by atoms with Gasteiger partial charge in [0.2, 0.25) is 70.9 Å². The first-order chi connectivity index (χ1) is 46.5. The van der Waals surface area contributed by atoms with Crippen LogP contribution in [0.3, 0.4) is 0 Å². The van der Waals surface area contributed by atoms with E-state index >= 15 is 0 Å². The first-order valence-electron chi connectivity index (χ1n) is 34.4. The summed E-state index contributed by atoms with van der Waals surface area (Å²) in [5, 5.41) is 61.3. The molecule has 0 spiro atoms. The zero-order valence-corrected chi connectivity index (χ0v) is 59.8. The van der Waals surface area contributed by atoms with Crippen molar-refractivity contribution in [1.82, 2.24) is 63.8 Å². The number of hydrogen-bond acceptors (Lipinski definition) is 20. The molecule has 0 aliphatic heterocycles. The molecule has 0 saturated carbocycles. The minimum atomic E-state index is -1.77. The first-order valence-corrected chi connectivity index (χ1v) is 34.4. The van der Waals surface area contributed by atoms with Crippen LogP contribution in [-0.4, -0.2) is 203 Å². The molecule has 0 radical (unpaired) electrons. The number of phenols is 1. The Kier molecular flexibility index (Phi) is 41.6. The summed E-state index contributed by atoms with van der Waals surface area (Å²) in [7, 11) is 0. The molecule has 14 atom stereocenters. The summed E-state index contributed by atoms with van der Waals surface area (Å²) in [5.41, 5.74) is 29.5. The smallest absolute Gasteiger partial charge is 0.326 e. The third kappa shape index (κ3) is 32.6. The molecule has 0 saturated heterocycles. The van der Waals surface area contributed by atoms with Crippen LogP contribution in [0.15, 0.2) is 24.3 Å². The molecule has 0 bridgehead atoms. The second kappa shape index (κ2) is 46.3. The number of rotatable bonds is 48. The lowest BCUT2D eigenvalue weighted by molar-refractivity contribution is -0.143. The van der Waals surface area contributed by atoms with Crippen LogP contribution < -0.4 is 92.5 Å². The highest BCUT2D eigenvalue weighted by Crippen LogP contribution is 2.16. The van der Waals surface area contributed by atoms with Gasteiger partial charge in [0.15, 0.2) is 0 Å². The third-order valence-corrected chi connectivity index (χ3v) is 16.3. The van der Waals surface area contributed by atoms with Gasteiger partial charge in [0.1, 0.15) is 78.3 Å². The number of carboxylic acid groups (broad SMARTS) is 1. The van der Waals surface area contributed by atoms with Gasteiger partial charge in [-0.15, -0.1) is 0 Å². The van der Waals surface area contributed by atoms with Crippen molar-refractivity contribution < 1.29 is 77.6 Å². The van der Waals surface area contributed by atoms with Crippen molar-refractivity contribution in [3.05, 3.63) is 29.8 Å². The standard InChI is InChI=1S/C66H117N17O16/c1-34(2)49(62(94)74-40(11)55(87)82-52(37(7)8)66(98)99)80-61(93)48(33-42-25-27-43(85)28-26-42)78-65(97)53(41(12)84)83-56(88)39(10)72-54(86)38(9)73-63(95)50(35(3)4)81-64(96)51(36(5)6)79-60(92)47(24-16-20-32-70)77-59(91)46(23-15-19-31-69)76-58(90)45(22-14-18-30-68)75-57(89)44(71)21-13-17-29-67/h25-28,34-41,44-53,84-85H,13-24,29-33,67-71H2,1-12H3,(H,72,86)(H,73,95)(H,74,94)(H,75,89)(H,76,90)(H,77,91)(H,78,97)(H,79,92)(H,80,93)(H,81,96)(H,82,87)(H,83,88)(H,98,99)/t38-,39-,40-,41+,44-,45-,46-,47-,48-,49-,50-,51-,52-,53-/m0/s1. The van der Waals surface area contributed by atoms with E-state index in [1.165, 1.54) is 52.0 Å². The minimum absolute atomic E-state index is 0.0671. The van der Waals surface area contributed by atoms with Crippen molar-refractivity contribution in [3.63, 3.8) is 0 Å². The summed E-state index contributed by atoms with van der Waals surface area (Å²) in [6.45, 7) is 19.2. The average molecular weight is 1400 g/mol. The van der Waals surface area contributed by atoms with E-state index in [0.29, 0.717) is 83.0 Å². The fraction of sp³-hybridized carbons (Fsp3) is 0.712. The lowest BCUT2D eigenvalue weighted by Gasteiger charge is -2.30. The van der Waals surface area contributed by atoms with Crippen molar-refractivity contribution >= 4 is 76.9 Å². The molecule has 25 N–H and O–H groups in total. The highest BCUT2D eigenvalue weighted by Gasteiger charge is 2.38. The van der Waals surface area contributed by atoms with E-state index in [-0.39, 0.29) is 38.0 Å². The largest absolute Gasteiger partial charge is 0.508 e. The Bertz CT molecular complexity index is 2770. The molecule has 0 heterocycles. The van der Waals surface area contributed by atoms with Crippen molar-refractivity contribution in [1.29, 1.82) is 0 Å². The number of carbonyl (C=O) groups excluding carboxylic acids is 12. The van der Waals surface area contributed by atoms with E-state index in [1.54, 1.807) is 55.4 Å². The van der Waals surface area contributed by atoms with Gasteiger partial charge in [-0.2, -0.15) is 0 Å². The molecular formula is C66H117N17O16. The van der Waals surface area contributed by atoms with Gasteiger partial charge in [-0.05, 0) is 166 Å². The third-order valence-electron chi connectivity index (χ3n) is 16.3. The maximum Gasteiger partial charge on any atom is 0.326 e. The van der Waals surface area contributed by atoms with Crippen LogP contribution in [-0.2, 0) is 68.7 Å². The quantitative estimate of drug-likeness (QED) is 0.0285. The van der Waals surface area contributed by atoms with Crippen LogP contribution in [0, 0.1) is 23.7 Å². The number of phenolic OH excluding ortho intramolecular Hbond substituents is 1. The molecule has 0 aliphatic rings. The van der Waals surface area contributed by atoms with E-state index in [1.807, 2.05) is 0 Å². The van der Waals surface area contributed by atoms with Crippen molar-refractivity contribution in [2.24, 2.45) is 52.3 Å². The van der Waals surface area contributed by atoms with Crippen LogP contribution in [0.4, 0.5) is 0 Å². The fourth-order valence-electron chi connectivity index (χ4n) is 10.1. The number of carbonyl (C=O) groups is 13. The van der Waals surface area contributed by atoms with Crippen molar-refractivity contribution in [2.45, 2.75) is 251 Å². The van der Waals surface area contributed by atoms with Gasteiger partial charge in [-0.25, -0.2) is 4.79 Å². The molecular weight excluding hydrogens is 1290 g/mol. The van der Waals surface area contributed by atoms with E-state index in [0.717, 1.165) is 0 Å². The number of aliphatic carboxylic acids is 1. The van der Waals surface area contributed by atoms with Crippen molar-refractivity contribution in [2.75, 3.05) is 26.2 Å². The van der Waals surface area contributed by atoms with Crippen LogP contribution >= 0.6 is 0 Å². The molecule has 33 nitrogen and oxygen atoms in total. The summed E-state index contributed by atoms with van der Waals surface area (Å²) >= 11 is 0. The first kappa shape index (κ1) is 88.9. The van der Waals surface area contributed by atoms with Gasteiger partial charge in [0.05, 0.1) is 12.1 Å². The molecule has 1 rings (SSSR count). The molecule has 0 aliphatic carbocycles. The zero-order valence-electron chi connectivity index (χ0n) is 59.8. The Morgan fingerprint density at radius 2 is 0.606 bits per heavy atom. The number of aromatic hydroxyl groups is 1. The summed E-state index contributed by atoms with van der Waals surface area (Å²) in [6.07, 6.45) is 2.83. The highest BCUT2D eigenvalue weighted by atomic mass is 16.4. The highest BCUT2D eigenvalue weighted by molar-refractivity contribution is 6.00. The fourth-order valence-corrected chi connectivity index (χ4v) is 10.1. The van der Waals surface area contributed by atoms with Crippen LogP contribution in [0.5, 0.6) is 5.75 Å². The Morgan fingerprint density at radius 1 is 0.333 bits per heavy atom. The number of amides is 12. The molecule has 33 heteroatoms. The SMILES string of the molecule is CC(C)[C@H](NC(=O)[C@H](C)NC(=O)[C@@H](NC(=O)[C@H](Cc1ccc(O)cc1)NC(=O)[C@@H](NC(=O)[C@H](C)NC(=O)[C@H](C)NC(=O)[C@@H](NC(=O)[C@@H](NC(=O)[C@H](CCCCN)NC(=O)[C@H](CCCCN)NC(=O)[C@H](CCCCN)NC(=O)[C@@H](N)CCCCN)C(C)C)C(C)C)[C@@H](C)O)C(C)C)C(=O)O. The normalized spacial score (nSPS) is 15.7. The van der Waals surface area contributed by atoms with Gasteiger partial charge in [0.25, 0.3) is 0 Å². The van der Waals surface area contributed by atoms with Gasteiger partial charge < -0.3 is 108 Å². The van der Waals surface area contributed by atoms with E-state index in [9.17, 15) is 77.6 Å². The molecule has 1 aromatic carbocycles. The molecule has 562 valence electrons. The van der Waals surface area contributed by atoms with E-state index in [2.05, 4.69) is 63.8 Å². The number of nitrogens with one attached hydrogen (secondary N) is 12. The zero-order chi connectivity index (χ0) is 75.4. The molecule has 12 amide bonds. The van der Waals surface area contributed by atoms with Gasteiger partial charge in [-0.3, -0.25) is 57.5 Å². The Morgan fingerprint density at radius 3 is 0.960 bits per heavy atom. The number of carboxylic acids is 1. The van der Waals surface area contributed by atoms with Crippen LogP contribution in [0.1, 0.15) is 166 Å². The average Bonchev–Trinajstić information content (AvgIpc) is 0.870. The maximum atomic E-state index is 14.3. The molecule has 0 unspecified atom stereocenters.